The van der Waals surface area contributed by atoms with E-state index in [1.54, 1.807) is 6.92 Å². The minimum absolute atomic E-state index is 0.0663. The summed E-state index contributed by atoms with van der Waals surface area (Å²) in [6, 6.07) is 15.0. The molecule has 0 aromatic heterocycles. The molecule has 8 heteroatoms. The molecule has 180 valence electrons. The van der Waals surface area contributed by atoms with E-state index in [4.69, 9.17) is 9.84 Å². The van der Waals surface area contributed by atoms with Crippen LogP contribution in [0.3, 0.4) is 0 Å². The number of benzene rings is 2. The second kappa shape index (κ2) is 9.85. The Morgan fingerprint density at radius 1 is 1.06 bits per heavy atom. The Hall–Kier alpha value is -3.39. The van der Waals surface area contributed by atoms with E-state index >= 15 is 0 Å². The molecule has 2 aromatic carbocycles. The lowest BCUT2D eigenvalue weighted by atomic mass is 9.91. The number of aliphatic hydroxyl groups excluding tert-OH is 1. The third-order valence-corrected chi connectivity index (χ3v) is 6.79. The highest BCUT2D eigenvalue weighted by Gasteiger charge is 2.45. The molecule has 0 aliphatic heterocycles. The molecule has 1 unspecified atom stereocenters. The van der Waals surface area contributed by atoms with Crippen molar-refractivity contribution in [2.45, 2.75) is 50.1 Å². The highest BCUT2D eigenvalue weighted by molar-refractivity contribution is 5.85. The molecule has 2 atom stereocenters. The summed E-state index contributed by atoms with van der Waals surface area (Å²) in [5.74, 6) is -1.66. The summed E-state index contributed by atoms with van der Waals surface area (Å²) in [6.45, 7) is 1.60. The first-order chi connectivity index (χ1) is 16.3. The van der Waals surface area contributed by atoms with Gasteiger partial charge in [-0.15, -0.1) is 0 Å². The monoisotopic (exact) mass is 466 g/mol. The number of alkyl carbamates (subject to hydrolysis) is 1. The van der Waals surface area contributed by atoms with E-state index in [1.165, 1.54) is 0 Å². The average molecular weight is 467 g/mol. The largest absolute Gasteiger partial charge is 0.480 e. The minimum atomic E-state index is -1.21. The molecule has 4 N–H and O–H groups in total. The standard InChI is InChI=1S/C26H30N2O6/c1-26(16-10-11-16,14-23(30)27-22(12-13-29)24(31)32)28-25(33)34-15-21-19-8-4-2-6-17(19)18-7-3-5-9-20(18)21/h2-9,16,21-22,29H,10-15H2,1H3,(H,27,30)(H,28,33)(H,31,32)/t22-,26?/m0/s1. The SMILES string of the molecule is CC(CC(=O)N[C@@H](CCO)C(=O)O)(NC(=O)OCC1c2ccccc2-c2ccccc21)C1CC1. The van der Waals surface area contributed by atoms with Crippen LogP contribution in [0, 0.1) is 5.92 Å². The normalized spacial score (nSPS) is 17.1. The van der Waals surface area contributed by atoms with Crippen LogP contribution in [-0.2, 0) is 14.3 Å². The predicted octanol–water partition coefficient (Wildman–Crippen LogP) is 3.04. The van der Waals surface area contributed by atoms with Gasteiger partial charge in [0.1, 0.15) is 12.6 Å². The van der Waals surface area contributed by atoms with E-state index in [9.17, 15) is 19.5 Å². The van der Waals surface area contributed by atoms with Crippen LogP contribution < -0.4 is 10.6 Å². The number of hydrogen-bond donors (Lipinski definition) is 4. The van der Waals surface area contributed by atoms with Crippen molar-refractivity contribution >= 4 is 18.0 Å². The van der Waals surface area contributed by atoms with E-state index in [-0.39, 0.29) is 37.9 Å². The van der Waals surface area contributed by atoms with Crippen molar-refractivity contribution in [3.63, 3.8) is 0 Å². The van der Waals surface area contributed by atoms with Gasteiger partial charge in [-0.05, 0) is 47.9 Å². The van der Waals surface area contributed by atoms with Gasteiger partial charge in [0.15, 0.2) is 0 Å². The fourth-order valence-electron chi connectivity index (χ4n) is 4.84. The summed E-state index contributed by atoms with van der Waals surface area (Å²) in [6.07, 6.45) is 0.978. The van der Waals surface area contributed by atoms with Crippen molar-refractivity contribution in [3.05, 3.63) is 59.7 Å². The zero-order valence-corrected chi connectivity index (χ0v) is 19.1. The summed E-state index contributed by atoms with van der Waals surface area (Å²) in [7, 11) is 0. The van der Waals surface area contributed by atoms with Crippen molar-refractivity contribution in [2.75, 3.05) is 13.2 Å². The zero-order chi connectivity index (χ0) is 24.3. The van der Waals surface area contributed by atoms with Crippen LogP contribution >= 0.6 is 0 Å². The molecule has 1 saturated carbocycles. The van der Waals surface area contributed by atoms with Crippen LogP contribution in [0.2, 0.25) is 0 Å². The van der Waals surface area contributed by atoms with E-state index in [0.29, 0.717) is 0 Å². The zero-order valence-electron chi connectivity index (χ0n) is 19.1. The summed E-state index contributed by atoms with van der Waals surface area (Å²) in [4.78, 5) is 36.6. The summed E-state index contributed by atoms with van der Waals surface area (Å²) < 4.78 is 5.64. The molecule has 2 aromatic rings. The van der Waals surface area contributed by atoms with Gasteiger partial charge in [0.05, 0.1) is 5.54 Å². The average Bonchev–Trinajstić information content (AvgIpc) is 3.61. The van der Waals surface area contributed by atoms with Gasteiger partial charge in [0, 0.05) is 25.4 Å². The van der Waals surface area contributed by atoms with Crippen LogP contribution in [0.25, 0.3) is 11.1 Å². The second-order valence-electron chi connectivity index (χ2n) is 9.29. The number of rotatable bonds is 10. The molecule has 0 saturated heterocycles. The summed E-state index contributed by atoms with van der Waals surface area (Å²) in [5.41, 5.74) is 3.66. The molecule has 2 aliphatic rings. The molecule has 34 heavy (non-hydrogen) atoms. The molecule has 0 spiro atoms. The number of hydrogen-bond acceptors (Lipinski definition) is 5. The Morgan fingerprint density at radius 3 is 2.18 bits per heavy atom. The van der Waals surface area contributed by atoms with Crippen molar-refractivity contribution in [3.8, 4) is 11.1 Å². The number of aliphatic carboxylic acids is 1. The molecule has 0 bridgehead atoms. The fraction of sp³-hybridized carbons (Fsp3) is 0.423. The van der Waals surface area contributed by atoms with Crippen molar-refractivity contribution in [1.29, 1.82) is 0 Å². The molecule has 4 rings (SSSR count). The van der Waals surface area contributed by atoms with E-state index in [0.717, 1.165) is 35.1 Å². The predicted molar refractivity (Wildman–Crippen MR) is 125 cm³/mol. The van der Waals surface area contributed by atoms with E-state index < -0.39 is 29.6 Å². The molecule has 0 heterocycles. The van der Waals surface area contributed by atoms with Gasteiger partial charge in [-0.3, -0.25) is 4.79 Å². The lowest BCUT2D eigenvalue weighted by Crippen LogP contribution is -2.52. The first-order valence-corrected chi connectivity index (χ1v) is 11.6. The third kappa shape index (κ3) is 5.07. The number of carbonyl (C=O) groups excluding carboxylic acids is 2. The minimum Gasteiger partial charge on any atom is -0.480 e. The molecule has 2 aliphatic carbocycles. The number of carbonyl (C=O) groups is 3. The molecule has 1 fully saturated rings. The fourth-order valence-corrected chi connectivity index (χ4v) is 4.84. The molecule has 8 nitrogen and oxygen atoms in total. The highest BCUT2D eigenvalue weighted by Crippen LogP contribution is 2.45. The van der Waals surface area contributed by atoms with Gasteiger partial charge in [-0.1, -0.05) is 48.5 Å². The Labute approximate surface area is 198 Å². The van der Waals surface area contributed by atoms with Crippen LogP contribution in [0.4, 0.5) is 4.79 Å². The third-order valence-electron chi connectivity index (χ3n) is 6.79. The number of amides is 2. The Balaban J connectivity index is 1.39. The van der Waals surface area contributed by atoms with Gasteiger partial charge < -0.3 is 25.6 Å². The van der Waals surface area contributed by atoms with Crippen LogP contribution in [0.15, 0.2) is 48.5 Å². The van der Waals surface area contributed by atoms with E-state index in [1.807, 2.05) is 36.4 Å². The summed E-state index contributed by atoms with van der Waals surface area (Å²) in [5, 5.41) is 23.6. The maximum atomic E-state index is 12.8. The number of nitrogens with one attached hydrogen (secondary N) is 2. The second-order valence-corrected chi connectivity index (χ2v) is 9.29. The van der Waals surface area contributed by atoms with Crippen molar-refractivity contribution in [1.82, 2.24) is 10.6 Å². The number of carboxylic acids is 1. The number of aliphatic hydroxyl groups is 1. The van der Waals surface area contributed by atoms with Crippen molar-refractivity contribution < 1.29 is 29.3 Å². The first-order valence-electron chi connectivity index (χ1n) is 11.6. The van der Waals surface area contributed by atoms with Gasteiger partial charge in [0.25, 0.3) is 0 Å². The Morgan fingerprint density at radius 2 is 1.65 bits per heavy atom. The maximum Gasteiger partial charge on any atom is 0.407 e. The van der Waals surface area contributed by atoms with E-state index in [2.05, 4.69) is 22.8 Å². The molecular weight excluding hydrogens is 436 g/mol. The Bertz CT molecular complexity index is 1040. The number of carboxylic acid groups (broad SMARTS) is 1. The summed E-state index contributed by atoms with van der Waals surface area (Å²) >= 11 is 0. The van der Waals surface area contributed by atoms with Crippen LogP contribution in [0.5, 0.6) is 0 Å². The van der Waals surface area contributed by atoms with Gasteiger partial charge in [0.2, 0.25) is 5.91 Å². The smallest absolute Gasteiger partial charge is 0.407 e. The van der Waals surface area contributed by atoms with Crippen LogP contribution in [0.1, 0.15) is 49.7 Å². The lowest BCUT2D eigenvalue weighted by molar-refractivity contribution is -0.142. The van der Waals surface area contributed by atoms with Gasteiger partial charge >= 0.3 is 12.1 Å². The first kappa shape index (κ1) is 23.8. The lowest BCUT2D eigenvalue weighted by Gasteiger charge is -2.31. The topological polar surface area (TPSA) is 125 Å². The number of ether oxygens (including phenoxy) is 1. The van der Waals surface area contributed by atoms with Gasteiger partial charge in [-0.25, -0.2) is 9.59 Å². The van der Waals surface area contributed by atoms with Crippen LogP contribution in [-0.4, -0.2) is 53.0 Å². The molecule has 0 radical (unpaired) electrons. The quantitative estimate of drug-likeness (QED) is 0.427. The van der Waals surface area contributed by atoms with Gasteiger partial charge in [-0.2, -0.15) is 0 Å². The maximum absolute atomic E-state index is 12.8. The van der Waals surface area contributed by atoms with Crippen molar-refractivity contribution in [2.24, 2.45) is 5.92 Å². The molecule has 2 amide bonds. The Kier molecular flexibility index (Phi) is 6.88. The highest BCUT2D eigenvalue weighted by atomic mass is 16.5. The number of fused-ring (bicyclic) bond motifs is 3. The molecular formula is C26H30N2O6.